The third-order valence-electron chi connectivity index (χ3n) is 4.18. The van der Waals surface area contributed by atoms with Crippen molar-refractivity contribution < 1.29 is 4.79 Å². The number of carbonyl (C=O) groups excluding carboxylic acids is 1. The van der Waals surface area contributed by atoms with E-state index in [0.717, 1.165) is 22.0 Å². The number of para-hydroxylation sites is 1. The van der Waals surface area contributed by atoms with E-state index in [1.54, 1.807) is 10.6 Å². The molecule has 1 aromatic carbocycles. The van der Waals surface area contributed by atoms with Crippen LogP contribution in [-0.2, 0) is 6.54 Å². The minimum Gasteiger partial charge on any atom is -0.349 e. The fraction of sp³-hybridized carbons (Fsp3) is 0.333. The number of aryl methyl sites for hydroxylation is 1. The van der Waals surface area contributed by atoms with Gasteiger partial charge in [-0.2, -0.15) is 0 Å². The molecule has 3 rings (SSSR count). The second-order valence-corrected chi connectivity index (χ2v) is 6.75. The van der Waals surface area contributed by atoms with E-state index in [1.165, 1.54) is 11.3 Å². The molecule has 0 saturated carbocycles. The molecule has 1 N–H and O–H groups in total. The minimum absolute atomic E-state index is 0.0277. The van der Waals surface area contributed by atoms with Gasteiger partial charge in [-0.1, -0.05) is 25.1 Å². The van der Waals surface area contributed by atoms with Crippen LogP contribution < -0.4 is 10.9 Å². The highest BCUT2D eigenvalue weighted by Crippen LogP contribution is 2.30. The number of nitrogens with one attached hydrogen (secondary N) is 1. The smallest absolute Gasteiger partial charge is 0.261 e. The molecule has 0 spiro atoms. The van der Waals surface area contributed by atoms with Gasteiger partial charge in [0.15, 0.2) is 0 Å². The average Bonchev–Trinajstić information content (AvgIpc) is 3.01. The van der Waals surface area contributed by atoms with Crippen molar-refractivity contribution in [2.75, 3.05) is 0 Å². The number of rotatable bonds is 4. The highest BCUT2D eigenvalue weighted by atomic mass is 32.1. The van der Waals surface area contributed by atoms with Crippen LogP contribution >= 0.6 is 11.3 Å². The number of aromatic nitrogens is 1. The lowest BCUT2D eigenvalue weighted by molar-refractivity contribution is 0.0943. The number of fused-ring (bicyclic) bond motifs is 3. The molecule has 5 heteroatoms. The number of nitrogens with zero attached hydrogens (tertiary/aromatic N) is 1. The second kappa shape index (κ2) is 6.16. The standard InChI is InChI=1S/C18H20N2O2S/c1-4-11(3)19-17(21)15-10-13-16(23-15)12-8-6-7-9-14(12)20(5-2)18(13)22/h6-11H,4-5H2,1-3H3,(H,19,21)/t11-/m0/s1. The van der Waals surface area contributed by atoms with Crippen LogP contribution in [0.15, 0.2) is 35.1 Å². The number of carbonyl (C=O) groups is 1. The van der Waals surface area contributed by atoms with Crippen molar-refractivity contribution in [1.29, 1.82) is 0 Å². The van der Waals surface area contributed by atoms with Gasteiger partial charge in [-0.3, -0.25) is 9.59 Å². The van der Waals surface area contributed by atoms with E-state index in [9.17, 15) is 9.59 Å². The Hall–Kier alpha value is -2.14. The monoisotopic (exact) mass is 328 g/mol. The number of pyridine rings is 1. The van der Waals surface area contributed by atoms with Crippen LogP contribution in [0.5, 0.6) is 0 Å². The molecule has 1 amide bonds. The number of benzene rings is 1. The highest BCUT2D eigenvalue weighted by Gasteiger charge is 2.17. The minimum atomic E-state index is -0.105. The molecule has 120 valence electrons. The van der Waals surface area contributed by atoms with E-state index in [2.05, 4.69) is 5.32 Å². The number of hydrogen-bond acceptors (Lipinski definition) is 3. The van der Waals surface area contributed by atoms with Gasteiger partial charge >= 0.3 is 0 Å². The summed E-state index contributed by atoms with van der Waals surface area (Å²) in [4.78, 5) is 25.7. The molecule has 0 bridgehead atoms. The quantitative estimate of drug-likeness (QED) is 0.793. The zero-order valence-electron chi connectivity index (χ0n) is 13.6. The molecular formula is C18H20N2O2S. The molecule has 1 atom stereocenters. The lowest BCUT2D eigenvalue weighted by Gasteiger charge is -2.09. The Kier molecular flexibility index (Phi) is 4.22. The molecule has 2 heterocycles. The van der Waals surface area contributed by atoms with Crippen molar-refractivity contribution in [3.63, 3.8) is 0 Å². The first-order chi connectivity index (χ1) is 11.1. The van der Waals surface area contributed by atoms with Crippen molar-refractivity contribution in [3.05, 3.63) is 45.6 Å². The van der Waals surface area contributed by atoms with Crippen LogP contribution in [0, 0.1) is 0 Å². The van der Waals surface area contributed by atoms with Crippen LogP contribution in [0.1, 0.15) is 36.9 Å². The van der Waals surface area contributed by atoms with Gasteiger partial charge in [-0.05, 0) is 32.4 Å². The van der Waals surface area contributed by atoms with Crippen LogP contribution in [0.25, 0.3) is 21.0 Å². The molecule has 0 aliphatic carbocycles. The maximum atomic E-state index is 12.7. The fourth-order valence-electron chi connectivity index (χ4n) is 2.73. The largest absolute Gasteiger partial charge is 0.349 e. The zero-order chi connectivity index (χ0) is 16.6. The normalized spacial score (nSPS) is 12.7. The van der Waals surface area contributed by atoms with Gasteiger partial charge in [-0.15, -0.1) is 11.3 Å². The van der Waals surface area contributed by atoms with Crippen LogP contribution in [-0.4, -0.2) is 16.5 Å². The Balaban J connectivity index is 2.23. The van der Waals surface area contributed by atoms with Gasteiger partial charge in [0, 0.05) is 22.7 Å². The summed E-state index contributed by atoms with van der Waals surface area (Å²) in [6.45, 7) is 6.58. The van der Waals surface area contributed by atoms with E-state index in [4.69, 9.17) is 0 Å². The van der Waals surface area contributed by atoms with Gasteiger partial charge in [0.2, 0.25) is 0 Å². The number of thiophene rings is 1. The first-order valence-electron chi connectivity index (χ1n) is 7.92. The fourth-order valence-corrected chi connectivity index (χ4v) is 3.82. The molecule has 2 aromatic heterocycles. The second-order valence-electron chi connectivity index (χ2n) is 5.70. The summed E-state index contributed by atoms with van der Waals surface area (Å²) in [7, 11) is 0. The van der Waals surface area contributed by atoms with E-state index < -0.39 is 0 Å². The summed E-state index contributed by atoms with van der Waals surface area (Å²) >= 11 is 1.40. The predicted molar refractivity (Wildman–Crippen MR) is 96.5 cm³/mol. The maximum absolute atomic E-state index is 12.7. The third kappa shape index (κ3) is 2.65. The highest BCUT2D eigenvalue weighted by molar-refractivity contribution is 7.21. The Labute approximate surface area is 138 Å². The van der Waals surface area contributed by atoms with Crippen molar-refractivity contribution >= 4 is 38.2 Å². The molecule has 0 aliphatic heterocycles. The molecule has 4 nitrogen and oxygen atoms in total. The first kappa shape index (κ1) is 15.7. The molecular weight excluding hydrogens is 308 g/mol. The van der Waals surface area contributed by atoms with Gasteiger partial charge in [0.1, 0.15) is 0 Å². The summed E-state index contributed by atoms with van der Waals surface area (Å²) in [6, 6.07) is 9.72. The molecule has 0 radical (unpaired) electrons. The van der Waals surface area contributed by atoms with E-state index in [1.807, 2.05) is 45.0 Å². The molecule has 0 fully saturated rings. The summed E-state index contributed by atoms with van der Waals surface area (Å²) in [5.74, 6) is -0.105. The number of amides is 1. The summed E-state index contributed by atoms with van der Waals surface area (Å²) in [5, 5.41) is 4.62. The lowest BCUT2D eigenvalue weighted by Crippen LogP contribution is -2.31. The third-order valence-corrected chi connectivity index (χ3v) is 5.34. The molecule has 23 heavy (non-hydrogen) atoms. The zero-order valence-corrected chi connectivity index (χ0v) is 14.4. The number of hydrogen-bond donors (Lipinski definition) is 1. The Bertz CT molecular complexity index is 939. The van der Waals surface area contributed by atoms with Crippen molar-refractivity contribution in [2.24, 2.45) is 0 Å². The molecule has 3 aromatic rings. The predicted octanol–water partition coefficient (Wildman–Crippen LogP) is 3.76. The van der Waals surface area contributed by atoms with Crippen molar-refractivity contribution in [3.8, 4) is 0 Å². The van der Waals surface area contributed by atoms with Crippen LogP contribution in [0.3, 0.4) is 0 Å². The van der Waals surface area contributed by atoms with Crippen LogP contribution in [0.4, 0.5) is 0 Å². The molecule has 0 aliphatic rings. The topological polar surface area (TPSA) is 51.1 Å². The van der Waals surface area contributed by atoms with Crippen molar-refractivity contribution in [2.45, 2.75) is 39.8 Å². The van der Waals surface area contributed by atoms with E-state index in [0.29, 0.717) is 16.8 Å². The summed E-state index contributed by atoms with van der Waals surface area (Å²) < 4.78 is 2.66. The first-order valence-corrected chi connectivity index (χ1v) is 8.74. The van der Waals surface area contributed by atoms with Gasteiger partial charge < -0.3 is 9.88 Å². The van der Waals surface area contributed by atoms with Crippen molar-refractivity contribution in [1.82, 2.24) is 9.88 Å². The van der Waals surface area contributed by atoms with Crippen LogP contribution in [0.2, 0.25) is 0 Å². The summed E-state index contributed by atoms with van der Waals surface area (Å²) in [6.07, 6.45) is 0.877. The molecule has 0 saturated heterocycles. The average molecular weight is 328 g/mol. The Morgan fingerprint density at radius 3 is 2.70 bits per heavy atom. The Morgan fingerprint density at radius 2 is 2.00 bits per heavy atom. The SMILES string of the molecule is CC[C@H](C)NC(=O)c1cc2c(=O)n(CC)c3ccccc3c2s1. The lowest BCUT2D eigenvalue weighted by atomic mass is 10.1. The Morgan fingerprint density at radius 1 is 1.26 bits per heavy atom. The van der Waals surface area contributed by atoms with E-state index in [-0.39, 0.29) is 17.5 Å². The van der Waals surface area contributed by atoms with Gasteiger partial charge in [0.05, 0.1) is 15.8 Å². The maximum Gasteiger partial charge on any atom is 0.261 e. The summed E-state index contributed by atoms with van der Waals surface area (Å²) in [5.41, 5.74) is 0.892. The van der Waals surface area contributed by atoms with E-state index >= 15 is 0 Å². The van der Waals surface area contributed by atoms with Gasteiger partial charge in [-0.25, -0.2) is 0 Å². The molecule has 0 unspecified atom stereocenters. The van der Waals surface area contributed by atoms with Gasteiger partial charge in [0.25, 0.3) is 11.5 Å².